The molecule has 28 heavy (non-hydrogen) atoms. The second-order valence-corrected chi connectivity index (χ2v) is 7.78. The van der Waals surface area contributed by atoms with Gasteiger partial charge in [0.1, 0.15) is 11.6 Å². The Balaban J connectivity index is 0.00000109. The summed E-state index contributed by atoms with van der Waals surface area (Å²) in [7, 11) is 0. The second kappa shape index (κ2) is 8.22. The molecule has 0 bridgehead atoms. The summed E-state index contributed by atoms with van der Waals surface area (Å²) in [5.41, 5.74) is 2.87. The van der Waals surface area contributed by atoms with Crippen LogP contribution in [0.2, 0.25) is 0 Å². The van der Waals surface area contributed by atoms with Gasteiger partial charge in [0.2, 0.25) is 0 Å². The van der Waals surface area contributed by atoms with E-state index in [0.717, 1.165) is 30.9 Å². The Morgan fingerprint density at radius 3 is 2.64 bits per heavy atom. The van der Waals surface area contributed by atoms with Crippen molar-refractivity contribution in [1.82, 2.24) is 24.7 Å². The monoisotopic (exact) mass is 384 g/mol. The molecule has 7 heteroatoms. The molecular formula is C21H29FN6. The summed E-state index contributed by atoms with van der Waals surface area (Å²) in [6.07, 6.45) is 6.42. The summed E-state index contributed by atoms with van der Waals surface area (Å²) in [5, 5.41) is 6.60. The highest BCUT2D eigenvalue weighted by Crippen LogP contribution is 2.25. The first-order valence-corrected chi connectivity index (χ1v) is 9.89. The zero-order chi connectivity index (χ0) is 20.3. The molecule has 1 aliphatic rings. The standard InChI is InChI=1S/C19H23FN6.C2H6/c1-19(2,3)16-11-26-15(9-23-18(26)10-22-16)14-6-12(20)7-17(25-14)24-13-4-5-21-8-13;1-2/h6-7,9-11,13,21H,4-5,8H2,1-3H3,(H,24,25);1-2H3. The molecule has 3 aromatic heterocycles. The minimum atomic E-state index is -0.316. The Hall–Kier alpha value is -2.54. The van der Waals surface area contributed by atoms with Crippen molar-refractivity contribution in [2.75, 3.05) is 18.4 Å². The van der Waals surface area contributed by atoms with Crippen LogP contribution in [0.1, 0.15) is 46.7 Å². The van der Waals surface area contributed by atoms with E-state index in [1.165, 1.54) is 12.1 Å². The van der Waals surface area contributed by atoms with E-state index in [0.29, 0.717) is 17.2 Å². The topological polar surface area (TPSA) is 67.1 Å². The zero-order valence-corrected chi connectivity index (χ0v) is 17.3. The number of anilines is 1. The zero-order valence-electron chi connectivity index (χ0n) is 17.3. The van der Waals surface area contributed by atoms with Gasteiger partial charge in [0.05, 0.1) is 29.5 Å². The van der Waals surface area contributed by atoms with Gasteiger partial charge in [-0.2, -0.15) is 0 Å². The minimum Gasteiger partial charge on any atom is -0.366 e. The van der Waals surface area contributed by atoms with Crippen molar-refractivity contribution in [3.8, 4) is 11.4 Å². The maximum absolute atomic E-state index is 14.2. The van der Waals surface area contributed by atoms with E-state index in [4.69, 9.17) is 0 Å². The molecule has 0 aromatic carbocycles. The number of hydrogen-bond donors (Lipinski definition) is 2. The predicted molar refractivity (Wildman–Crippen MR) is 111 cm³/mol. The number of nitrogens with one attached hydrogen (secondary N) is 2. The second-order valence-electron chi connectivity index (χ2n) is 7.78. The molecule has 3 aromatic rings. The van der Waals surface area contributed by atoms with Crippen LogP contribution >= 0.6 is 0 Å². The summed E-state index contributed by atoms with van der Waals surface area (Å²) < 4.78 is 16.2. The molecular weight excluding hydrogens is 355 g/mol. The van der Waals surface area contributed by atoms with Gasteiger partial charge in [-0.05, 0) is 13.0 Å². The Bertz CT molecular complexity index is 938. The van der Waals surface area contributed by atoms with Crippen molar-refractivity contribution in [3.05, 3.63) is 42.2 Å². The Morgan fingerprint density at radius 2 is 1.96 bits per heavy atom. The van der Waals surface area contributed by atoms with Gasteiger partial charge < -0.3 is 10.6 Å². The number of halogens is 1. The molecule has 2 N–H and O–H groups in total. The van der Waals surface area contributed by atoms with Crippen LogP contribution in [0.25, 0.3) is 17.0 Å². The van der Waals surface area contributed by atoms with Gasteiger partial charge in [-0.15, -0.1) is 0 Å². The molecule has 0 radical (unpaired) electrons. The van der Waals surface area contributed by atoms with E-state index >= 15 is 0 Å². The lowest BCUT2D eigenvalue weighted by Crippen LogP contribution is -2.22. The number of hydrogen-bond acceptors (Lipinski definition) is 5. The maximum Gasteiger partial charge on any atom is 0.155 e. The van der Waals surface area contributed by atoms with Gasteiger partial charge in [0.25, 0.3) is 0 Å². The normalized spacial score (nSPS) is 16.7. The fraction of sp³-hybridized carbons (Fsp3) is 0.476. The average Bonchev–Trinajstić information content (AvgIpc) is 3.31. The van der Waals surface area contributed by atoms with Crippen molar-refractivity contribution in [1.29, 1.82) is 0 Å². The number of fused-ring (bicyclic) bond motifs is 1. The van der Waals surface area contributed by atoms with Gasteiger partial charge in [-0.1, -0.05) is 34.6 Å². The van der Waals surface area contributed by atoms with Crippen molar-refractivity contribution >= 4 is 11.5 Å². The molecule has 1 fully saturated rings. The van der Waals surface area contributed by atoms with Gasteiger partial charge in [-0.3, -0.25) is 9.38 Å². The lowest BCUT2D eigenvalue weighted by atomic mass is 9.93. The Morgan fingerprint density at radius 1 is 1.18 bits per heavy atom. The lowest BCUT2D eigenvalue weighted by molar-refractivity contribution is 0.564. The van der Waals surface area contributed by atoms with E-state index in [9.17, 15) is 4.39 Å². The largest absolute Gasteiger partial charge is 0.366 e. The third-order valence-corrected chi connectivity index (χ3v) is 4.63. The van der Waals surface area contributed by atoms with Crippen LogP contribution in [0.3, 0.4) is 0 Å². The molecule has 6 nitrogen and oxygen atoms in total. The first kappa shape index (κ1) is 20.2. The average molecular weight is 385 g/mol. The van der Waals surface area contributed by atoms with Gasteiger partial charge >= 0.3 is 0 Å². The van der Waals surface area contributed by atoms with E-state index in [-0.39, 0.29) is 17.3 Å². The highest BCUT2D eigenvalue weighted by molar-refractivity contribution is 5.62. The first-order chi connectivity index (χ1) is 13.4. The van der Waals surface area contributed by atoms with Crippen LogP contribution < -0.4 is 10.6 Å². The quantitative estimate of drug-likeness (QED) is 0.714. The molecule has 4 heterocycles. The molecule has 1 atom stereocenters. The number of pyridine rings is 1. The van der Waals surface area contributed by atoms with E-state index in [1.54, 1.807) is 12.4 Å². The van der Waals surface area contributed by atoms with Gasteiger partial charge in [0.15, 0.2) is 5.65 Å². The third kappa shape index (κ3) is 4.30. The summed E-state index contributed by atoms with van der Waals surface area (Å²) in [5.74, 6) is 0.234. The number of rotatable bonds is 3. The van der Waals surface area contributed by atoms with Crippen LogP contribution in [0.4, 0.5) is 10.2 Å². The van der Waals surface area contributed by atoms with Crippen LogP contribution in [0.5, 0.6) is 0 Å². The summed E-state index contributed by atoms with van der Waals surface area (Å²) in [4.78, 5) is 13.5. The predicted octanol–water partition coefficient (Wildman–Crippen LogP) is 4.03. The molecule has 150 valence electrons. The van der Waals surface area contributed by atoms with Crippen LogP contribution in [-0.4, -0.2) is 38.5 Å². The van der Waals surface area contributed by atoms with Crippen molar-refractivity contribution < 1.29 is 4.39 Å². The van der Waals surface area contributed by atoms with Crippen LogP contribution in [0.15, 0.2) is 30.7 Å². The smallest absolute Gasteiger partial charge is 0.155 e. The number of aromatic nitrogens is 4. The first-order valence-electron chi connectivity index (χ1n) is 9.89. The van der Waals surface area contributed by atoms with Crippen molar-refractivity contribution in [2.45, 2.75) is 52.5 Å². The molecule has 0 aliphatic carbocycles. The summed E-state index contributed by atoms with van der Waals surface area (Å²) >= 11 is 0. The van der Waals surface area contributed by atoms with E-state index in [2.05, 4.69) is 46.4 Å². The molecule has 0 saturated carbocycles. The number of nitrogens with zero attached hydrogens (tertiary/aromatic N) is 4. The molecule has 1 saturated heterocycles. The molecule has 4 rings (SSSR count). The summed E-state index contributed by atoms with van der Waals surface area (Å²) in [6.45, 7) is 12.2. The van der Waals surface area contributed by atoms with Gasteiger partial charge in [-0.25, -0.2) is 14.4 Å². The fourth-order valence-electron chi connectivity index (χ4n) is 3.16. The van der Waals surface area contributed by atoms with E-state index in [1.807, 2.05) is 24.4 Å². The molecule has 1 unspecified atom stereocenters. The van der Waals surface area contributed by atoms with E-state index < -0.39 is 0 Å². The maximum atomic E-state index is 14.2. The Kier molecular flexibility index (Phi) is 5.93. The third-order valence-electron chi connectivity index (χ3n) is 4.63. The minimum absolute atomic E-state index is 0.0900. The lowest BCUT2D eigenvalue weighted by Gasteiger charge is -2.18. The van der Waals surface area contributed by atoms with Crippen molar-refractivity contribution in [2.24, 2.45) is 0 Å². The highest BCUT2D eigenvalue weighted by Gasteiger charge is 2.19. The molecule has 0 spiro atoms. The number of imidazole rings is 1. The van der Waals surface area contributed by atoms with Gasteiger partial charge in [0, 0.05) is 36.3 Å². The highest BCUT2D eigenvalue weighted by atomic mass is 19.1. The fourth-order valence-corrected chi connectivity index (χ4v) is 3.16. The molecule has 0 amide bonds. The van der Waals surface area contributed by atoms with Crippen LogP contribution in [-0.2, 0) is 5.41 Å². The van der Waals surface area contributed by atoms with Crippen molar-refractivity contribution in [3.63, 3.8) is 0 Å². The summed E-state index contributed by atoms with van der Waals surface area (Å²) in [6, 6.07) is 3.15. The van der Waals surface area contributed by atoms with Crippen LogP contribution in [0, 0.1) is 5.82 Å². The SMILES string of the molecule is CC.CC(C)(C)c1cn2c(-c3cc(F)cc(NC4CCNC4)n3)cnc2cn1. The molecule has 1 aliphatic heterocycles. The Labute approximate surface area is 165 Å².